The summed E-state index contributed by atoms with van der Waals surface area (Å²) in [6.45, 7) is 0. The molecule has 0 aliphatic heterocycles. The zero-order valence-electron chi connectivity index (χ0n) is 10.4. The van der Waals surface area contributed by atoms with Gasteiger partial charge in [-0.1, -0.05) is 48.2 Å². The third-order valence-corrected chi connectivity index (χ3v) is 3.35. The summed E-state index contributed by atoms with van der Waals surface area (Å²) in [5.41, 5.74) is 2.08. The third kappa shape index (κ3) is 2.46. The molecule has 1 heterocycles. The highest BCUT2D eigenvalue weighted by Crippen LogP contribution is 2.24. The van der Waals surface area contributed by atoms with Gasteiger partial charge in [-0.15, -0.1) is 10.2 Å². The van der Waals surface area contributed by atoms with E-state index >= 15 is 0 Å². The second kappa shape index (κ2) is 5.40. The molecule has 2 radical (unpaired) electrons. The lowest BCUT2D eigenvalue weighted by molar-refractivity contribution is 0.760. The number of aromatic nitrogens is 3. The van der Waals surface area contributed by atoms with E-state index in [1.54, 1.807) is 4.68 Å². The molecule has 0 saturated heterocycles. The minimum atomic E-state index is 0.761. The summed E-state index contributed by atoms with van der Waals surface area (Å²) in [5.74, 6) is 0.761. The molecule has 94 valence electrons. The van der Waals surface area contributed by atoms with Gasteiger partial charge in [0.1, 0.15) is 0 Å². The number of allylic oxidation sites excluding steroid dienone is 8. The monoisotopic (exact) mass is 268 g/mol. The maximum Gasteiger partial charge on any atom is 0.212 e. The van der Waals surface area contributed by atoms with E-state index in [1.807, 2.05) is 61.8 Å². The molecular formula is C14H12N4S. The minimum Gasteiger partial charge on any atom is -0.187 e. The van der Waals surface area contributed by atoms with Crippen LogP contribution in [0.3, 0.4) is 0 Å². The van der Waals surface area contributed by atoms with Crippen LogP contribution in [0.2, 0.25) is 0 Å². The van der Waals surface area contributed by atoms with Gasteiger partial charge in [0.05, 0.1) is 6.21 Å². The zero-order valence-corrected chi connectivity index (χ0v) is 11.2. The molecule has 0 atom stereocenters. The SMILES string of the molecule is CSc1nnc(C2=CC=C[CH]2)n1/N=C/C1=CC=C[CH]1. The lowest BCUT2D eigenvalue weighted by Gasteiger charge is -2.03. The Bertz CT molecular complexity index is 632. The van der Waals surface area contributed by atoms with Gasteiger partial charge >= 0.3 is 0 Å². The number of nitrogens with zero attached hydrogens (tertiary/aromatic N) is 4. The summed E-state index contributed by atoms with van der Waals surface area (Å²) < 4.78 is 1.77. The molecule has 4 nitrogen and oxygen atoms in total. The van der Waals surface area contributed by atoms with E-state index in [-0.39, 0.29) is 0 Å². The topological polar surface area (TPSA) is 43.1 Å². The van der Waals surface area contributed by atoms with Crippen molar-refractivity contribution >= 4 is 23.5 Å². The lowest BCUT2D eigenvalue weighted by atomic mass is 10.2. The molecule has 19 heavy (non-hydrogen) atoms. The van der Waals surface area contributed by atoms with E-state index in [2.05, 4.69) is 15.3 Å². The molecule has 0 amide bonds. The van der Waals surface area contributed by atoms with Gasteiger partial charge < -0.3 is 0 Å². The molecule has 0 N–H and O–H groups in total. The van der Waals surface area contributed by atoms with Crippen LogP contribution in [0.15, 0.2) is 52.3 Å². The van der Waals surface area contributed by atoms with Crippen LogP contribution in [0, 0.1) is 12.8 Å². The summed E-state index contributed by atoms with van der Waals surface area (Å²) in [7, 11) is 0. The molecule has 0 bridgehead atoms. The molecule has 5 heteroatoms. The average molecular weight is 268 g/mol. The van der Waals surface area contributed by atoms with Crippen LogP contribution in [0.1, 0.15) is 5.82 Å². The van der Waals surface area contributed by atoms with E-state index in [4.69, 9.17) is 0 Å². The highest BCUT2D eigenvalue weighted by atomic mass is 32.2. The van der Waals surface area contributed by atoms with Crippen LogP contribution in [0.4, 0.5) is 0 Å². The van der Waals surface area contributed by atoms with E-state index in [1.165, 1.54) is 11.8 Å². The average Bonchev–Trinajstić information content (AvgIpc) is 3.16. The van der Waals surface area contributed by atoms with Crippen molar-refractivity contribution in [2.45, 2.75) is 5.16 Å². The first-order chi connectivity index (χ1) is 9.38. The molecule has 2 aliphatic rings. The van der Waals surface area contributed by atoms with Crippen molar-refractivity contribution in [1.82, 2.24) is 14.9 Å². The minimum absolute atomic E-state index is 0.761. The Morgan fingerprint density at radius 1 is 1.11 bits per heavy atom. The first kappa shape index (κ1) is 12.2. The first-order valence-electron chi connectivity index (χ1n) is 5.86. The predicted molar refractivity (Wildman–Crippen MR) is 78.6 cm³/mol. The highest BCUT2D eigenvalue weighted by Gasteiger charge is 2.15. The van der Waals surface area contributed by atoms with Crippen molar-refractivity contribution in [1.29, 1.82) is 0 Å². The van der Waals surface area contributed by atoms with Crippen LogP contribution in [-0.4, -0.2) is 27.3 Å². The van der Waals surface area contributed by atoms with Gasteiger partial charge in [0, 0.05) is 18.4 Å². The van der Waals surface area contributed by atoms with Gasteiger partial charge in [-0.2, -0.15) is 9.78 Å². The second-order valence-electron chi connectivity index (χ2n) is 3.96. The largest absolute Gasteiger partial charge is 0.212 e. The lowest BCUT2D eigenvalue weighted by Crippen LogP contribution is -1.99. The molecule has 0 aromatic carbocycles. The number of hydrogen-bond acceptors (Lipinski definition) is 4. The smallest absolute Gasteiger partial charge is 0.187 e. The van der Waals surface area contributed by atoms with E-state index in [0.717, 1.165) is 22.1 Å². The van der Waals surface area contributed by atoms with Crippen LogP contribution in [-0.2, 0) is 0 Å². The first-order valence-corrected chi connectivity index (χ1v) is 7.08. The molecule has 0 spiro atoms. The maximum absolute atomic E-state index is 4.48. The van der Waals surface area contributed by atoms with E-state index < -0.39 is 0 Å². The van der Waals surface area contributed by atoms with Crippen LogP contribution in [0.5, 0.6) is 0 Å². The number of hydrogen-bond donors (Lipinski definition) is 0. The highest BCUT2D eigenvalue weighted by molar-refractivity contribution is 7.98. The van der Waals surface area contributed by atoms with Crippen molar-refractivity contribution in [2.75, 3.05) is 6.26 Å². The Morgan fingerprint density at radius 2 is 1.95 bits per heavy atom. The summed E-state index contributed by atoms with van der Waals surface area (Å²) in [5, 5.41) is 13.6. The van der Waals surface area contributed by atoms with Gasteiger partial charge in [-0.3, -0.25) is 0 Å². The molecule has 1 aromatic heterocycles. The standard InChI is InChI=1S/C14H12N4S/c1-19-14-17-16-13(12-8-4-5-9-12)18(14)15-10-11-6-2-3-7-11/h2-10H,1H3/b15-10+. The van der Waals surface area contributed by atoms with Crippen LogP contribution >= 0.6 is 11.8 Å². The molecule has 2 aliphatic carbocycles. The Balaban J connectivity index is 1.91. The van der Waals surface area contributed by atoms with Crippen molar-refractivity contribution in [3.63, 3.8) is 0 Å². The summed E-state index contributed by atoms with van der Waals surface area (Å²) >= 11 is 1.53. The third-order valence-electron chi connectivity index (χ3n) is 2.73. The fourth-order valence-electron chi connectivity index (χ4n) is 1.80. The van der Waals surface area contributed by atoms with Crippen molar-refractivity contribution in [3.8, 4) is 0 Å². The second-order valence-corrected chi connectivity index (χ2v) is 4.73. The van der Waals surface area contributed by atoms with Gasteiger partial charge in [-0.25, -0.2) is 0 Å². The zero-order chi connectivity index (χ0) is 13.1. The van der Waals surface area contributed by atoms with Crippen LogP contribution in [0.25, 0.3) is 5.57 Å². The Morgan fingerprint density at radius 3 is 2.63 bits per heavy atom. The van der Waals surface area contributed by atoms with E-state index in [9.17, 15) is 0 Å². The Labute approximate surface area is 116 Å². The predicted octanol–water partition coefficient (Wildman–Crippen LogP) is 2.69. The molecule has 0 fully saturated rings. The number of thioether (sulfide) groups is 1. The maximum atomic E-state index is 4.48. The fourth-order valence-corrected chi connectivity index (χ4v) is 2.23. The normalized spacial score (nSPS) is 17.5. The Hall–Kier alpha value is -1.88. The van der Waals surface area contributed by atoms with Gasteiger partial charge in [0.25, 0.3) is 0 Å². The van der Waals surface area contributed by atoms with Crippen molar-refractivity contribution in [2.24, 2.45) is 5.10 Å². The number of rotatable bonds is 4. The summed E-state index contributed by atoms with van der Waals surface area (Å²) in [6.07, 6.45) is 19.7. The van der Waals surface area contributed by atoms with Gasteiger partial charge in [0.2, 0.25) is 5.16 Å². The summed E-state index contributed by atoms with van der Waals surface area (Å²) in [6, 6.07) is 0. The van der Waals surface area contributed by atoms with Gasteiger partial charge in [-0.05, 0) is 11.8 Å². The summed E-state index contributed by atoms with van der Waals surface area (Å²) in [4.78, 5) is 0. The van der Waals surface area contributed by atoms with Gasteiger partial charge in [0.15, 0.2) is 5.82 Å². The van der Waals surface area contributed by atoms with Crippen LogP contribution < -0.4 is 0 Å². The molecule has 0 unspecified atom stereocenters. The quantitative estimate of drug-likeness (QED) is 0.623. The Kier molecular flexibility index (Phi) is 3.46. The van der Waals surface area contributed by atoms with Crippen molar-refractivity contribution in [3.05, 3.63) is 60.7 Å². The molecule has 0 saturated carbocycles. The molecular weight excluding hydrogens is 256 g/mol. The van der Waals surface area contributed by atoms with Crippen molar-refractivity contribution < 1.29 is 0 Å². The fraction of sp³-hybridized carbons (Fsp3) is 0.0714. The molecule has 1 aromatic rings. The van der Waals surface area contributed by atoms with E-state index in [0.29, 0.717) is 0 Å². The molecule has 3 rings (SSSR count).